The maximum Gasteiger partial charge on any atom is 0.223 e. The molecule has 166 valence electrons. The van der Waals surface area contributed by atoms with Crippen LogP contribution in [0.15, 0.2) is 18.3 Å². The Kier molecular flexibility index (Phi) is 10.5. The van der Waals surface area contributed by atoms with Crippen LogP contribution in [0.1, 0.15) is 31.7 Å². The lowest BCUT2D eigenvalue weighted by molar-refractivity contribution is -0.123. The van der Waals surface area contributed by atoms with Crippen LogP contribution in [0.3, 0.4) is 0 Å². The monoisotopic (exact) mass is 465 g/mol. The third-order valence-electron chi connectivity index (χ3n) is 6.52. The van der Waals surface area contributed by atoms with E-state index in [9.17, 15) is 4.79 Å². The van der Waals surface area contributed by atoms with E-state index in [2.05, 4.69) is 44.5 Å². The minimum atomic E-state index is 0. The summed E-state index contributed by atoms with van der Waals surface area (Å²) in [6.45, 7) is 10.3. The highest BCUT2D eigenvalue weighted by molar-refractivity contribution is 5.86. The van der Waals surface area contributed by atoms with E-state index in [1.165, 1.54) is 0 Å². The number of hydrogen-bond acceptors (Lipinski definition) is 5. The normalized spacial score (nSPS) is 22.7. The van der Waals surface area contributed by atoms with Crippen LogP contribution in [0.5, 0.6) is 0 Å². The van der Waals surface area contributed by atoms with Gasteiger partial charge in [0.25, 0.3) is 0 Å². The molecule has 3 fully saturated rings. The van der Waals surface area contributed by atoms with E-state index in [1.54, 1.807) is 0 Å². The Morgan fingerprint density at radius 3 is 2.45 bits per heavy atom. The fraction of sp³-hybridized carbons (Fsp3) is 0.700. The average molecular weight is 467 g/mol. The van der Waals surface area contributed by atoms with Gasteiger partial charge >= 0.3 is 0 Å². The predicted molar refractivity (Wildman–Crippen MR) is 125 cm³/mol. The number of carbonyl (C=O) groups excluding carboxylic acids is 1. The van der Waals surface area contributed by atoms with Crippen molar-refractivity contribution in [2.45, 2.75) is 32.7 Å². The van der Waals surface area contributed by atoms with Crippen molar-refractivity contribution in [1.29, 1.82) is 0 Å². The molecule has 2 N–H and O–H groups in total. The van der Waals surface area contributed by atoms with Gasteiger partial charge in [0, 0.05) is 44.8 Å². The fourth-order valence-corrected chi connectivity index (χ4v) is 4.51. The molecule has 1 amide bonds. The second-order valence-electron chi connectivity index (χ2n) is 8.03. The van der Waals surface area contributed by atoms with Crippen molar-refractivity contribution in [3.63, 3.8) is 0 Å². The lowest BCUT2D eigenvalue weighted by Gasteiger charge is -2.34. The third-order valence-corrected chi connectivity index (χ3v) is 6.52. The van der Waals surface area contributed by atoms with Gasteiger partial charge in [-0.25, -0.2) is 4.98 Å². The number of hydrogen-bond donors (Lipinski definition) is 2. The number of aromatic nitrogens is 1. The summed E-state index contributed by atoms with van der Waals surface area (Å²) in [6, 6.07) is 4.19. The van der Waals surface area contributed by atoms with Crippen LogP contribution in [-0.2, 0) is 11.3 Å². The molecule has 6 nitrogen and oxygen atoms in total. The number of nitrogens with zero attached hydrogens (tertiary/aromatic N) is 3. The molecular formula is C20H34Cl3N5O. The highest BCUT2D eigenvalue weighted by Gasteiger charge is 2.57. The summed E-state index contributed by atoms with van der Waals surface area (Å²) in [5.74, 6) is 1.50. The molecule has 1 unspecified atom stereocenters. The van der Waals surface area contributed by atoms with Crippen molar-refractivity contribution in [2.24, 2.45) is 11.3 Å². The van der Waals surface area contributed by atoms with Gasteiger partial charge in [0.05, 0.1) is 0 Å². The van der Waals surface area contributed by atoms with E-state index in [1.807, 2.05) is 6.20 Å². The Bertz CT molecular complexity index is 632. The molecule has 0 radical (unpaired) electrons. The molecule has 0 bridgehead atoms. The van der Waals surface area contributed by atoms with Crippen molar-refractivity contribution in [3.05, 3.63) is 23.9 Å². The second kappa shape index (κ2) is 11.6. The summed E-state index contributed by atoms with van der Waals surface area (Å²) in [5, 5.41) is 6.51. The van der Waals surface area contributed by atoms with Gasteiger partial charge in [-0.05, 0) is 55.9 Å². The first-order valence-corrected chi connectivity index (χ1v) is 10.1. The molecule has 1 aliphatic carbocycles. The highest BCUT2D eigenvalue weighted by atomic mass is 35.5. The molecule has 1 atom stereocenters. The molecule has 2 saturated heterocycles. The number of carbonyl (C=O) groups is 1. The van der Waals surface area contributed by atoms with Crippen molar-refractivity contribution < 1.29 is 4.79 Å². The molecule has 4 rings (SSSR count). The molecule has 1 aromatic heterocycles. The van der Waals surface area contributed by atoms with Crippen molar-refractivity contribution >= 4 is 48.9 Å². The molecule has 1 spiro atoms. The van der Waals surface area contributed by atoms with Gasteiger partial charge in [-0.2, -0.15) is 0 Å². The zero-order valence-corrected chi connectivity index (χ0v) is 19.5. The number of pyridine rings is 1. The number of anilines is 1. The molecule has 29 heavy (non-hydrogen) atoms. The summed E-state index contributed by atoms with van der Waals surface area (Å²) in [6.07, 6.45) is 5.27. The first-order valence-electron chi connectivity index (χ1n) is 10.1. The van der Waals surface area contributed by atoms with Crippen LogP contribution < -0.4 is 15.5 Å². The molecule has 0 aromatic carbocycles. The molecular weight excluding hydrogens is 433 g/mol. The van der Waals surface area contributed by atoms with Crippen LogP contribution in [0.4, 0.5) is 5.82 Å². The molecule has 1 saturated carbocycles. The fourth-order valence-electron chi connectivity index (χ4n) is 4.51. The molecule has 3 heterocycles. The van der Waals surface area contributed by atoms with Crippen LogP contribution in [0.25, 0.3) is 0 Å². The number of piperazine rings is 1. The first kappa shape index (κ1) is 26.2. The minimum Gasteiger partial charge on any atom is -0.354 e. The van der Waals surface area contributed by atoms with Crippen LogP contribution in [-0.4, -0.2) is 61.6 Å². The van der Waals surface area contributed by atoms with Crippen LogP contribution >= 0.6 is 37.2 Å². The Hall–Kier alpha value is -0.790. The van der Waals surface area contributed by atoms with E-state index in [0.717, 1.165) is 76.5 Å². The first-order chi connectivity index (χ1) is 12.7. The number of rotatable bonds is 5. The van der Waals surface area contributed by atoms with Gasteiger partial charge in [-0.3, -0.25) is 4.79 Å². The number of piperidine rings is 1. The summed E-state index contributed by atoms with van der Waals surface area (Å²) in [4.78, 5) is 21.9. The Morgan fingerprint density at radius 2 is 1.86 bits per heavy atom. The van der Waals surface area contributed by atoms with E-state index >= 15 is 0 Å². The predicted octanol–water partition coefficient (Wildman–Crippen LogP) is 2.49. The number of amides is 1. The zero-order chi connectivity index (χ0) is 18.0. The standard InChI is InChI=1S/C20H31N5O.3ClH/c1-2-24-9-11-25(12-10-24)18-4-3-16(14-22-18)15-23-19(26)17-13-20(17)5-7-21-8-6-20;;;/h3-4,14,17,21H,2,5-13,15H2,1H3,(H,23,26);3*1H. The van der Waals surface area contributed by atoms with Gasteiger partial charge in [0.15, 0.2) is 0 Å². The Balaban J connectivity index is 0.00000140. The summed E-state index contributed by atoms with van der Waals surface area (Å²) in [5.41, 5.74) is 1.38. The van der Waals surface area contributed by atoms with Crippen molar-refractivity contribution in [3.8, 4) is 0 Å². The quantitative estimate of drug-likeness (QED) is 0.698. The summed E-state index contributed by atoms with van der Waals surface area (Å²) >= 11 is 0. The largest absolute Gasteiger partial charge is 0.354 e. The van der Waals surface area contributed by atoms with E-state index < -0.39 is 0 Å². The second-order valence-corrected chi connectivity index (χ2v) is 8.03. The van der Waals surface area contributed by atoms with Crippen molar-refractivity contribution in [2.75, 3.05) is 50.7 Å². The maximum atomic E-state index is 12.5. The van der Waals surface area contributed by atoms with Crippen LogP contribution in [0, 0.1) is 11.3 Å². The maximum absolute atomic E-state index is 12.5. The smallest absolute Gasteiger partial charge is 0.223 e. The third kappa shape index (κ3) is 6.11. The van der Waals surface area contributed by atoms with Gasteiger partial charge < -0.3 is 20.4 Å². The van der Waals surface area contributed by atoms with Gasteiger partial charge in [0.2, 0.25) is 5.91 Å². The lowest BCUT2D eigenvalue weighted by atomic mass is 9.92. The summed E-state index contributed by atoms with van der Waals surface area (Å²) in [7, 11) is 0. The number of halogens is 3. The summed E-state index contributed by atoms with van der Waals surface area (Å²) < 4.78 is 0. The number of nitrogens with one attached hydrogen (secondary N) is 2. The van der Waals surface area contributed by atoms with Crippen LogP contribution in [0.2, 0.25) is 0 Å². The van der Waals surface area contributed by atoms with E-state index in [-0.39, 0.29) is 49.0 Å². The number of likely N-dealkylation sites (N-methyl/N-ethyl adjacent to an activating group) is 1. The van der Waals surface area contributed by atoms with Gasteiger partial charge in [-0.1, -0.05) is 13.0 Å². The zero-order valence-electron chi connectivity index (χ0n) is 17.1. The van der Waals surface area contributed by atoms with Crippen molar-refractivity contribution in [1.82, 2.24) is 20.5 Å². The van der Waals surface area contributed by atoms with Gasteiger partial charge in [0.1, 0.15) is 5.82 Å². The molecule has 3 aliphatic rings. The minimum absolute atomic E-state index is 0. The topological polar surface area (TPSA) is 60.5 Å². The molecule has 1 aromatic rings. The molecule has 2 aliphatic heterocycles. The Labute approximate surface area is 192 Å². The van der Waals surface area contributed by atoms with E-state index in [0.29, 0.717) is 12.0 Å². The highest BCUT2D eigenvalue weighted by Crippen LogP contribution is 2.58. The Morgan fingerprint density at radius 1 is 1.17 bits per heavy atom. The lowest BCUT2D eigenvalue weighted by Crippen LogP contribution is -2.46. The average Bonchev–Trinajstić information content (AvgIpc) is 3.40. The van der Waals surface area contributed by atoms with Gasteiger partial charge in [-0.15, -0.1) is 37.2 Å². The SMILES string of the molecule is CCN1CCN(c2ccc(CNC(=O)C3CC34CCNCC4)cn2)CC1.Cl.Cl.Cl. The molecule has 9 heteroatoms. The van der Waals surface area contributed by atoms with E-state index in [4.69, 9.17) is 0 Å².